The highest BCUT2D eigenvalue weighted by Gasteiger charge is 2.14. The van der Waals surface area contributed by atoms with E-state index in [-0.39, 0.29) is 6.04 Å². The molecule has 0 saturated carbocycles. The normalized spacial score (nSPS) is 12.4. The summed E-state index contributed by atoms with van der Waals surface area (Å²) in [5, 5.41) is 4.95. The highest BCUT2D eigenvalue weighted by Crippen LogP contribution is 2.27. The average molecular weight is 311 g/mol. The van der Waals surface area contributed by atoms with E-state index in [0.29, 0.717) is 5.15 Å². The van der Waals surface area contributed by atoms with Crippen molar-refractivity contribution in [1.82, 2.24) is 15.0 Å². The Morgan fingerprint density at radius 1 is 1.30 bits per heavy atom. The van der Waals surface area contributed by atoms with Crippen LogP contribution in [0.15, 0.2) is 6.07 Å². The van der Waals surface area contributed by atoms with Gasteiger partial charge in [-0.25, -0.2) is 15.0 Å². The molecule has 0 fully saturated rings. The van der Waals surface area contributed by atoms with Crippen LogP contribution >= 0.6 is 22.9 Å². The zero-order valence-electron chi connectivity index (χ0n) is 12.2. The van der Waals surface area contributed by atoms with Crippen molar-refractivity contribution in [3.63, 3.8) is 0 Å². The van der Waals surface area contributed by atoms with Crippen LogP contribution in [0.4, 0.5) is 5.82 Å². The molecule has 0 radical (unpaired) electrons. The summed E-state index contributed by atoms with van der Waals surface area (Å²) < 4.78 is 0. The van der Waals surface area contributed by atoms with E-state index >= 15 is 0 Å². The van der Waals surface area contributed by atoms with E-state index in [9.17, 15) is 0 Å². The number of halogens is 1. The van der Waals surface area contributed by atoms with Gasteiger partial charge in [-0.2, -0.15) is 0 Å². The molecule has 6 heteroatoms. The molecule has 2 rings (SSSR count). The third-order valence-corrected chi connectivity index (χ3v) is 4.36. The van der Waals surface area contributed by atoms with Gasteiger partial charge in [-0.15, -0.1) is 11.3 Å². The Bertz CT molecular complexity index is 597. The summed E-state index contributed by atoms with van der Waals surface area (Å²) in [6, 6.07) is 1.92. The fraction of sp³-hybridized carbons (Fsp3) is 0.500. The molecule has 0 aliphatic rings. The van der Waals surface area contributed by atoms with Crippen LogP contribution in [0.5, 0.6) is 0 Å². The molecule has 2 heterocycles. The summed E-state index contributed by atoms with van der Waals surface area (Å²) in [6.07, 6.45) is 1.84. The van der Waals surface area contributed by atoms with E-state index in [1.807, 2.05) is 13.8 Å². The van der Waals surface area contributed by atoms with E-state index in [2.05, 4.69) is 34.1 Å². The number of anilines is 1. The maximum Gasteiger partial charge on any atom is 0.134 e. The van der Waals surface area contributed by atoms with Crippen molar-refractivity contribution < 1.29 is 0 Å². The maximum atomic E-state index is 6.05. The van der Waals surface area contributed by atoms with Crippen molar-refractivity contribution in [2.24, 2.45) is 0 Å². The molecule has 0 bridgehead atoms. The fourth-order valence-electron chi connectivity index (χ4n) is 2.11. The van der Waals surface area contributed by atoms with Gasteiger partial charge in [0.05, 0.1) is 16.7 Å². The molecule has 0 aromatic carbocycles. The Hall–Kier alpha value is -1.20. The molecule has 0 aliphatic heterocycles. The first-order valence-electron chi connectivity index (χ1n) is 6.73. The van der Waals surface area contributed by atoms with Crippen LogP contribution in [-0.2, 0) is 6.42 Å². The summed E-state index contributed by atoms with van der Waals surface area (Å²) in [6.45, 7) is 8.26. The van der Waals surface area contributed by atoms with Crippen LogP contribution in [-0.4, -0.2) is 15.0 Å². The molecule has 4 nitrogen and oxygen atoms in total. The molecule has 1 unspecified atom stereocenters. The second-order valence-corrected chi connectivity index (χ2v) is 6.41. The first-order valence-corrected chi connectivity index (χ1v) is 7.93. The van der Waals surface area contributed by atoms with E-state index in [4.69, 9.17) is 11.6 Å². The molecule has 0 aliphatic carbocycles. The smallest absolute Gasteiger partial charge is 0.134 e. The highest BCUT2D eigenvalue weighted by atomic mass is 35.5. The number of thiazole rings is 1. The van der Waals surface area contributed by atoms with E-state index in [1.54, 1.807) is 17.4 Å². The predicted molar refractivity (Wildman–Crippen MR) is 84.7 cm³/mol. The number of aromatic nitrogens is 3. The molecule has 0 amide bonds. The van der Waals surface area contributed by atoms with E-state index < -0.39 is 0 Å². The lowest BCUT2D eigenvalue weighted by Crippen LogP contribution is -2.09. The minimum absolute atomic E-state index is 0.154. The van der Waals surface area contributed by atoms with Gasteiger partial charge in [-0.3, -0.25) is 0 Å². The maximum absolute atomic E-state index is 6.05. The molecule has 1 N–H and O–H groups in total. The minimum atomic E-state index is 0.154. The number of nitrogens with one attached hydrogen (secondary N) is 1. The molecule has 0 spiro atoms. The van der Waals surface area contributed by atoms with Gasteiger partial charge in [-0.05, 0) is 27.2 Å². The Balaban J connectivity index is 2.18. The Morgan fingerprint density at radius 3 is 2.65 bits per heavy atom. The van der Waals surface area contributed by atoms with Crippen LogP contribution in [0.3, 0.4) is 0 Å². The van der Waals surface area contributed by atoms with Crippen molar-refractivity contribution in [3.05, 3.63) is 32.6 Å². The topological polar surface area (TPSA) is 50.7 Å². The first-order chi connectivity index (χ1) is 9.49. The third kappa shape index (κ3) is 3.67. The van der Waals surface area contributed by atoms with E-state index in [1.165, 1.54) is 4.88 Å². The highest BCUT2D eigenvalue weighted by molar-refractivity contribution is 7.11. The number of rotatable bonds is 5. The predicted octanol–water partition coefficient (Wildman–Crippen LogP) is 4.33. The van der Waals surface area contributed by atoms with Gasteiger partial charge in [0, 0.05) is 17.4 Å². The minimum Gasteiger partial charge on any atom is -0.363 e. The SMILES string of the molecule is CCCc1nc(Cl)cc(NC(C)c2sc(C)nc2C)n1. The fourth-order valence-corrected chi connectivity index (χ4v) is 3.24. The monoisotopic (exact) mass is 310 g/mol. The lowest BCUT2D eigenvalue weighted by molar-refractivity contribution is 0.820. The Kier molecular flexibility index (Phi) is 4.94. The summed E-state index contributed by atoms with van der Waals surface area (Å²) >= 11 is 7.76. The van der Waals surface area contributed by atoms with Crippen LogP contribution < -0.4 is 5.32 Å². The number of nitrogens with zero attached hydrogens (tertiary/aromatic N) is 3. The second-order valence-electron chi connectivity index (χ2n) is 4.79. The summed E-state index contributed by atoms with van der Waals surface area (Å²) in [7, 11) is 0. The molecule has 2 aromatic heterocycles. The van der Waals surface area contributed by atoms with Crippen molar-refractivity contribution >= 4 is 28.8 Å². The van der Waals surface area contributed by atoms with Gasteiger partial charge in [-0.1, -0.05) is 18.5 Å². The van der Waals surface area contributed by atoms with Gasteiger partial charge < -0.3 is 5.32 Å². The molecular weight excluding hydrogens is 292 g/mol. The van der Waals surface area contributed by atoms with Crippen molar-refractivity contribution in [1.29, 1.82) is 0 Å². The standard InChI is InChI=1S/C14H19ClN4S/c1-5-6-12-18-11(15)7-13(19-12)17-9(3)14-8(2)16-10(4)20-14/h7,9H,5-6H2,1-4H3,(H,17,18,19). The summed E-state index contributed by atoms with van der Waals surface area (Å²) in [5.41, 5.74) is 1.07. The van der Waals surface area contributed by atoms with Gasteiger partial charge in [0.2, 0.25) is 0 Å². The molecular formula is C14H19ClN4S. The lowest BCUT2D eigenvalue weighted by atomic mass is 10.2. The summed E-state index contributed by atoms with van der Waals surface area (Å²) in [4.78, 5) is 14.4. The van der Waals surface area contributed by atoms with Gasteiger partial charge in [0.25, 0.3) is 0 Å². The van der Waals surface area contributed by atoms with Gasteiger partial charge >= 0.3 is 0 Å². The zero-order valence-corrected chi connectivity index (χ0v) is 13.8. The first kappa shape index (κ1) is 15.2. The van der Waals surface area contributed by atoms with Crippen LogP contribution in [0, 0.1) is 13.8 Å². The number of hydrogen-bond acceptors (Lipinski definition) is 5. The van der Waals surface area contributed by atoms with Crippen LogP contribution in [0.2, 0.25) is 5.15 Å². The molecule has 20 heavy (non-hydrogen) atoms. The van der Waals surface area contributed by atoms with Crippen molar-refractivity contribution in [3.8, 4) is 0 Å². The Morgan fingerprint density at radius 2 is 2.05 bits per heavy atom. The largest absolute Gasteiger partial charge is 0.363 e. The van der Waals surface area contributed by atoms with Gasteiger partial charge in [0.15, 0.2) is 0 Å². The molecule has 2 aromatic rings. The third-order valence-electron chi connectivity index (χ3n) is 2.91. The second kappa shape index (κ2) is 6.50. The lowest BCUT2D eigenvalue weighted by Gasteiger charge is -2.14. The van der Waals surface area contributed by atoms with Crippen LogP contribution in [0.25, 0.3) is 0 Å². The molecule has 108 valence electrons. The Labute approximate surface area is 128 Å². The molecule has 1 atom stereocenters. The zero-order chi connectivity index (χ0) is 14.7. The average Bonchev–Trinajstić information content (AvgIpc) is 2.68. The van der Waals surface area contributed by atoms with Crippen molar-refractivity contribution in [2.45, 2.75) is 46.6 Å². The van der Waals surface area contributed by atoms with Crippen LogP contribution in [0.1, 0.15) is 47.7 Å². The quantitative estimate of drug-likeness (QED) is 0.835. The number of aryl methyl sites for hydroxylation is 3. The van der Waals surface area contributed by atoms with Gasteiger partial charge in [0.1, 0.15) is 16.8 Å². The summed E-state index contributed by atoms with van der Waals surface area (Å²) in [5.74, 6) is 1.55. The van der Waals surface area contributed by atoms with Crippen molar-refractivity contribution in [2.75, 3.05) is 5.32 Å². The van der Waals surface area contributed by atoms with E-state index in [0.717, 1.165) is 35.2 Å². The number of hydrogen-bond donors (Lipinski definition) is 1. The molecule has 0 saturated heterocycles.